The Kier molecular flexibility index (Phi) is 3.96. The molecule has 1 N–H and O–H groups in total. The maximum Gasteiger partial charge on any atom is 0.471 e. The first-order valence-corrected chi connectivity index (χ1v) is 4.52. The highest BCUT2D eigenvalue weighted by atomic mass is 19.4. The van der Waals surface area contributed by atoms with E-state index in [1.165, 1.54) is 20.8 Å². The minimum Gasteiger partial charge on any atom is -0.480 e. The zero-order valence-electron chi connectivity index (χ0n) is 9.42. The molecule has 0 aromatic carbocycles. The summed E-state index contributed by atoms with van der Waals surface area (Å²) in [4.78, 5) is 22.1. The van der Waals surface area contributed by atoms with Crippen LogP contribution in [-0.2, 0) is 9.59 Å². The smallest absolute Gasteiger partial charge is 0.471 e. The summed E-state index contributed by atoms with van der Waals surface area (Å²) in [6, 6.07) is -1.53. The molecule has 0 radical (unpaired) electrons. The lowest BCUT2D eigenvalue weighted by Crippen LogP contribution is -2.57. The number of carbonyl (C=O) groups is 2. The Hall–Kier alpha value is -1.27. The molecule has 16 heavy (non-hydrogen) atoms. The van der Waals surface area contributed by atoms with E-state index in [9.17, 15) is 22.8 Å². The number of carboxylic acids is 1. The maximum atomic E-state index is 12.3. The second kappa shape index (κ2) is 4.31. The Balaban J connectivity index is 5.29. The number of nitrogens with zero attached hydrogens (tertiary/aromatic N) is 1. The van der Waals surface area contributed by atoms with Gasteiger partial charge in [-0.25, -0.2) is 4.79 Å². The Labute approximate surface area is 91.0 Å². The summed E-state index contributed by atoms with van der Waals surface area (Å²) in [7, 11) is 0. The molecular formula is C9H14F3NO3. The van der Waals surface area contributed by atoms with Gasteiger partial charge >= 0.3 is 18.1 Å². The van der Waals surface area contributed by atoms with Crippen LogP contribution in [-0.4, -0.2) is 39.6 Å². The van der Waals surface area contributed by atoms with Gasteiger partial charge in [-0.1, -0.05) is 0 Å². The van der Waals surface area contributed by atoms with Gasteiger partial charge in [-0.05, 0) is 27.7 Å². The summed E-state index contributed by atoms with van der Waals surface area (Å²) in [5.41, 5.74) is -1.22. The molecular weight excluding hydrogens is 227 g/mol. The third-order valence-electron chi connectivity index (χ3n) is 1.93. The van der Waals surface area contributed by atoms with E-state index in [0.29, 0.717) is 4.90 Å². The van der Waals surface area contributed by atoms with Crippen LogP contribution < -0.4 is 0 Å². The van der Waals surface area contributed by atoms with Crippen molar-refractivity contribution < 1.29 is 27.9 Å². The molecule has 1 amide bonds. The summed E-state index contributed by atoms with van der Waals surface area (Å²) in [5.74, 6) is -3.62. The van der Waals surface area contributed by atoms with Crippen molar-refractivity contribution in [3.8, 4) is 0 Å². The van der Waals surface area contributed by atoms with Crippen LogP contribution in [0.3, 0.4) is 0 Å². The second-order valence-electron chi connectivity index (χ2n) is 4.36. The fraction of sp³-hybridized carbons (Fsp3) is 0.778. The number of aliphatic carboxylic acids is 1. The second-order valence-corrected chi connectivity index (χ2v) is 4.36. The topological polar surface area (TPSA) is 57.6 Å². The van der Waals surface area contributed by atoms with E-state index in [-0.39, 0.29) is 0 Å². The molecule has 0 aliphatic rings. The lowest BCUT2D eigenvalue weighted by molar-refractivity contribution is -0.195. The Morgan fingerprint density at radius 2 is 1.56 bits per heavy atom. The highest BCUT2D eigenvalue weighted by Crippen LogP contribution is 2.26. The van der Waals surface area contributed by atoms with Crippen LogP contribution in [0.15, 0.2) is 0 Å². The van der Waals surface area contributed by atoms with E-state index in [1.54, 1.807) is 0 Å². The maximum absolute atomic E-state index is 12.3. The average molecular weight is 241 g/mol. The number of carbonyl (C=O) groups excluding carboxylic acids is 1. The molecule has 0 heterocycles. The zero-order valence-corrected chi connectivity index (χ0v) is 9.42. The van der Waals surface area contributed by atoms with Gasteiger partial charge in [0.15, 0.2) is 0 Å². The molecule has 1 atom stereocenters. The van der Waals surface area contributed by atoms with Crippen LogP contribution in [0.4, 0.5) is 13.2 Å². The van der Waals surface area contributed by atoms with Crippen LogP contribution >= 0.6 is 0 Å². The predicted octanol–water partition coefficient (Wildman–Crippen LogP) is 1.65. The highest BCUT2D eigenvalue weighted by molar-refractivity contribution is 5.87. The first-order valence-electron chi connectivity index (χ1n) is 4.52. The zero-order chi connectivity index (χ0) is 13.3. The fourth-order valence-corrected chi connectivity index (χ4v) is 1.31. The molecule has 0 saturated carbocycles. The largest absolute Gasteiger partial charge is 0.480 e. The van der Waals surface area contributed by atoms with Crippen molar-refractivity contribution in [3.63, 3.8) is 0 Å². The molecule has 0 spiro atoms. The summed E-state index contributed by atoms with van der Waals surface area (Å²) in [6.07, 6.45) is -5.07. The summed E-state index contributed by atoms with van der Waals surface area (Å²) in [5, 5.41) is 8.67. The molecule has 0 aliphatic carbocycles. The molecule has 0 saturated heterocycles. The van der Waals surface area contributed by atoms with Gasteiger partial charge in [-0.2, -0.15) is 13.2 Å². The SMILES string of the molecule is CC(C(=O)O)N(C(=O)C(F)(F)F)C(C)(C)C. The Bertz CT molecular complexity index is 293. The van der Waals surface area contributed by atoms with Gasteiger partial charge in [-0.15, -0.1) is 0 Å². The molecule has 0 rings (SSSR count). The van der Waals surface area contributed by atoms with Crippen molar-refractivity contribution in [1.82, 2.24) is 4.90 Å². The summed E-state index contributed by atoms with van der Waals surface area (Å²) < 4.78 is 36.8. The molecule has 0 fully saturated rings. The van der Waals surface area contributed by atoms with E-state index in [0.717, 1.165) is 6.92 Å². The van der Waals surface area contributed by atoms with E-state index in [1.807, 2.05) is 0 Å². The van der Waals surface area contributed by atoms with Crippen molar-refractivity contribution in [3.05, 3.63) is 0 Å². The molecule has 94 valence electrons. The lowest BCUT2D eigenvalue weighted by atomic mass is 10.0. The molecule has 4 nitrogen and oxygen atoms in total. The van der Waals surface area contributed by atoms with E-state index in [2.05, 4.69) is 0 Å². The van der Waals surface area contributed by atoms with Crippen molar-refractivity contribution in [2.24, 2.45) is 0 Å². The van der Waals surface area contributed by atoms with Gasteiger partial charge in [-0.3, -0.25) is 4.79 Å². The first-order chi connectivity index (χ1) is 6.89. The Morgan fingerprint density at radius 3 is 1.75 bits per heavy atom. The van der Waals surface area contributed by atoms with Crippen molar-refractivity contribution in [2.45, 2.75) is 45.5 Å². The van der Waals surface area contributed by atoms with E-state index in [4.69, 9.17) is 5.11 Å². The van der Waals surface area contributed by atoms with Crippen molar-refractivity contribution >= 4 is 11.9 Å². The minimum atomic E-state index is -5.07. The van der Waals surface area contributed by atoms with Crippen LogP contribution in [0.1, 0.15) is 27.7 Å². The minimum absolute atomic E-state index is 0.315. The van der Waals surface area contributed by atoms with Gasteiger partial charge in [0, 0.05) is 5.54 Å². The molecule has 0 aliphatic heterocycles. The van der Waals surface area contributed by atoms with Gasteiger partial charge in [0.25, 0.3) is 0 Å². The quantitative estimate of drug-likeness (QED) is 0.799. The Morgan fingerprint density at radius 1 is 1.19 bits per heavy atom. The molecule has 7 heteroatoms. The monoisotopic (exact) mass is 241 g/mol. The van der Waals surface area contributed by atoms with E-state index >= 15 is 0 Å². The van der Waals surface area contributed by atoms with Crippen LogP contribution in [0.5, 0.6) is 0 Å². The number of hydrogen-bond acceptors (Lipinski definition) is 2. The van der Waals surface area contributed by atoms with Gasteiger partial charge in [0.05, 0.1) is 0 Å². The van der Waals surface area contributed by atoms with Crippen LogP contribution in [0, 0.1) is 0 Å². The molecule has 1 unspecified atom stereocenters. The lowest BCUT2D eigenvalue weighted by Gasteiger charge is -2.38. The number of rotatable bonds is 2. The normalized spacial score (nSPS) is 14.4. The fourth-order valence-electron chi connectivity index (χ4n) is 1.31. The van der Waals surface area contributed by atoms with Crippen LogP contribution in [0.25, 0.3) is 0 Å². The van der Waals surface area contributed by atoms with Gasteiger partial charge in [0.1, 0.15) is 6.04 Å². The van der Waals surface area contributed by atoms with Crippen LogP contribution in [0.2, 0.25) is 0 Å². The van der Waals surface area contributed by atoms with Crippen molar-refractivity contribution in [2.75, 3.05) is 0 Å². The molecule has 0 aromatic rings. The number of carboxylic acid groups (broad SMARTS) is 1. The number of hydrogen-bond donors (Lipinski definition) is 1. The molecule has 0 aromatic heterocycles. The standard InChI is InChI=1S/C9H14F3NO3/c1-5(6(14)15)13(8(2,3)4)7(16)9(10,11)12/h5H,1-4H3,(H,14,15). The third-order valence-corrected chi connectivity index (χ3v) is 1.93. The summed E-state index contributed by atoms with van der Waals surface area (Å²) in [6.45, 7) is 5.07. The molecule has 0 bridgehead atoms. The van der Waals surface area contributed by atoms with Gasteiger partial charge in [0.2, 0.25) is 0 Å². The summed E-state index contributed by atoms with van der Waals surface area (Å²) >= 11 is 0. The van der Waals surface area contributed by atoms with Crippen molar-refractivity contribution in [1.29, 1.82) is 0 Å². The third kappa shape index (κ3) is 3.39. The number of alkyl halides is 3. The predicted molar refractivity (Wildman–Crippen MR) is 49.8 cm³/mol. The first kappa shape index (κ1) is 14.7. The average Bonchev–Trinajstić information content (AvgIpc) is 1.99. The number of halogens is 3. The van der Waals surface area contributed by atoms with E-state index < -0.39 is 29.6 Å². The number of amides is 1. The van der Waals surface area contributed by atoms with Gasteiger partial charge < -0.3 is 10.0 Å². The highest BCUT2D eigenvalue weighted by Gasteiger charge is 2.48.